The maximum Gasteiger partial charge on any atom is 0.257 e. The number of carbonyl (C=O) groups excluding carboxylic acids is 1. The summed E-state index contributed by atoms with van der Waals surface area (Å²) in [4.78, 5) is 19.5. The van der Waals surface area contributed by atoms with Crippen molar-refractivity contribution in [1.82, 2.24) is 14.6 Å². The van der Waals surface area contributed by atoms with Crippen LogP contribution in [-0.4, -0.2) is 43.8 Å². The van der Waals surface area contributed by atoms with Gasteiger partial charge in [0.25, 0.3) is 5.91 Å². The van der Waals surface area contributed by atoms with Crippen molar-refractivity contribution in [3.8, 4) is 0 Å². The van der Waals surface area contributed by atoms with Crippen LogP contribution >= 0.6 is 11.3 Å². The summed E-state index contributed by atoms with van der Waals surface area (Å²) in [5.41, 5.74) is 1.35. The Hall–Kier alpha value is -1.81. The van der Waals surface area contributed by atoms with Gasteiger partial charge in [-0.05, 0) is 56.1 Å². The molecular weight excluding hydrogens is 396 g/mol. The number of piperidine rings is 1. The first-order valence-corrected chi connectivity index (χ1v) is 11.8. The summed E-state index contributed by atoms with van der Waals surface area (Å²) in [7, 11) is -3.52. The molecule has 2 aromatic rings. The van der Waals surface area contributed by atoms with E-state index < -0.39 is 10.0 Å². The van der Waals surface area contributed by atoms with E-state index >= 15 is 0 Å². The monoisotopic (exact) mass is 422 g/mol. The van der Waals surface area contributed by atoms with E-state index in [9.17, 15) is 13.2 Å². The van der Waals surface area contributed by atoms with E-state index in [4.69, 9.17) is 0 Å². The first-order chi connectivity index (χ1) is 13.4. The second-order valence-corrected chi connectivity index (χ2v) is 9.71. The molecule has 1 aliphatic heterocycles. The zero-order valence-electron chi connectivity index (χ0n) is 16.1. The fourth-order valence-corrected chi connectivity index (χ4v) is 4.85. The third kappa shape index (κ3) is 5.38. The molecule has 0 unspecified atom stereocenters. The first kappa shape index (κ1) is 20.9. The lowest BCUT2D eigenvalue weighted by Gasteiger charge is -2.29. The molecular formula is C19H26N4O3S2. The Balaban J connectivity index is 1.58. The van der Waals surface area contributed by atoms with Gasteiger partial charge in [-0.25, -0.2) is 18.1 Å². The number of nitrogens with zero attached hydrogens (tertiary/aromatic N) is 2. The number of rotatable bonds is 7. The van der Waals surface area contributed by atoms with Gasteiger partial charge in [-0.15, -0.1) is 11.3 Å². The van der Waals surface area contributed by atoms with Gasteiger partial charge in [0.2, 0.25) is 10.0 Å². The summed E-state index contributed by atoms with van der Waals surface area (Å²) in [6, 6.07) is 5.86. The molecule has 3 rings (SSSR count). The number of sulfonamides is 1. The number of hydrogen-bond acceptors (Lipinski definition) is 6. The lowest BCUT2D eigenvalue weighted by atomic mass is 9.99. The minimum atomic E-state index is -3.52. The Kier molecular flexibility index (Phi) is 6.82. The molecule has 0 aliphatic carbocycles. The molecule has 0 spiro atoms. The van der Waals surface area contributed by atoms with Crippen molar-refractivity contribution in [2.24, 2.45) is 5.92 Å². The van der Waals surface area contributed by atoms with E-state index in [2.05, 4.69) is 26.8 Å². The average molecular weight is 423 g/mol. The van der Waals surface area contributed by atoms with Crippen LogP contribution < -0.4 is 10.0 Å². The van der Waals surface area contributed by atoms with E-state index in [1.165, 1.54) is 48.4 Å². The number of amides is 1. The largest absolute Gasteiger partial charge is 0.298 e. The van der Waals surface area contributed by atoms with E-state index in [1.54, 1.807) is 6.92 Å². The summed E-state index contributed by atoms with van der Waals surface area (Å²) in [6.07, 6.45) is 2.43. The van der Waals surface area contributed by atoms with Gasteiger partial charge in [0.05, 0.1) is 10.6 Å². The molecule has 0 bridgehead atoms. The summed E-state index contributed by atoms with van der Waals surface area (Å²) in [5, 5.41) is 5.31. The van der Waals surface area contributed by atoms with Gasteiger partial charge in [0, 0.05) is 24.0 Å². The fourth-order valence-electron chi connectivity index (χ4n) is 3.11. The number of hydrogen-bond donors (Lipinski definition) is 2. The highest BCUT2D eigenvalue weighted by atomic mass is 32.2. The summed E-state index contributed by atoms with van der Waals surface area (Å²) in [6.45, 7) is 7.29. The van der Waals surface area contributed by atoms with E-state index in [1.807, 2.05) is 5.38 Å². The van der Waals surface area contributed by atoms with Gasteiger partial charge in [0.15, 0.2) is 5.13 Å². The van der Waals surface area contributed by atoms with Crippen molar-refractivity contribution in [2.75, 3.05) is 25.0 Å². The minimum Gasteiger partial charge on any atom is -0.298 e. The van der Waals surface area contributed by atoms with E-state index in [0.29, 0.717) is 17.2 Å². The number of aromatic nitrogens is 1. The molecule has 1 aromatic carbocycles. The topological polar surface area (TPSA) is 91.4 Å². The molecule has 152 valence electrons. The van der Waals surface area contributed by atoms with Crippen LogP contribution in [-0.2, 0) is 16.6 Å². The second kappa shape index (κ2) is 9.13. The maximum absolute atomic E-state index is 12.4. The number of thiazole rings is 1. The second-order valence-electron chi connectivity index (χ2n) is 7.08. The third-order valence-corrected chi connectivity index (χ3v) is 7.16. The third-order valence-electron chi connectivity index (χ3n) is 4.80. The van der Waals surface area contributed by atoms with Gasteiger partial charge in [-0.3, -0.25) is 15.0 Å². The van der Waals surface area contributed by atoms with Crippen LogP contribution in [0.4, 0.5) is 5.13 Å². The highest BCUT2D eigenvalue weighted by Gasteiger charge is 2.18. The number of benzene rings is 1. The highest BCUT2D eigenvalue weighted by molar-refractivity contribution is 7.89. The summed E-state index contributed by atoms with van der Waals surface area (Å²) in [5.74, 6) is 0.487. The zero-order valence-corrected chi connectivity index (χ0v) is 17.8. The van der Waals surface area contributed by atoms with Gasteiger partial charge in [0.1, 0.15) is 0 Å². The minimum absolute atomic E-state index is 0.137. The SMILES string of the molecule is CCNS(=O)(=O)c1ccc(C(=O)Nc2nc(CN3CCC(C)CC3)cs2)cc1. The van der Waals surface area contributed by atoms with Crippen molar-refractivity contribution in [3.05, 3.63) is 40.9 Å². The smallest absolute Gasteiger partial charge is 0.257 e. The molecule has 1 fully saturated rings. The van der Waals surface area contributed by atoms with Crippen LogP contribution in [0.15, 0.2) is 34.5 Å². The number of likely N-dealkylation sites (tertiary alicyclic amines) is 1. The molecule has 1 aromatic heterocycles. The Labute approximate surface area is 170 Å². The molecule has 0 radical (unpaired) electrons. The molecule has 1 saturated heterocycles. The molecule has 0 saturated carbocycles. The molecule has 2 heterocycles. The van der Waals surface area contributed by atoms with E-state index in [0.717, 1.165) is 31.2 Å². The van der Waals surface area contributed by atoms with Gasteiger partial charge < -0.3 is 0 Å². The number of carbonyl (C=O) groups is 1. The number of nitrogens with one attached hydrogen (secondary N) is 2. The van der Waals surface area contributed by atoms with Crippen LogP contribution in [0.2, 0.25) is 0 Å². The van der Waals surface area contributed by atoms with Crippen LogP contribution in [0, 0.1) is 5.92 Å². The molecule has 9 heteroatoms. The van der Waals surface area contributed by atoms with Crippen molar-refractivity contribution in [3.63, 3.8) is 0 Å². The Morgan fingerprint density at radius 3 is 2.57 bits per heavy atom. The van der Waals surface area contributed by atoms with Crippen LogP contribution in [0.3, 0.4) is 0 Å². The Morgan fingerprint density at radius 1 is 1.25 bits per heavy atom. The molecule has 2 N–H and O–H groups in total. The molecule has 1 aliphatic rings. The zero-order chi connectivity index (χ0) is 20.1. The average Bonchev–Trinajstić information content (AvgIpc) is 3.10. The predicted molar refractivity (Wildman–Crippen MR) is 111 cm³/mol. The lowest BCUT2D eigenvalue weighted by Crippen LogP contribution is -2.32. The quantitative estimate of drug-likeness (QED) is 0.716. The molecule has 1 amide bonds. The molecule has 28 heavy (non-hydrogen) atoms. The molecule has 0 atom stereocenters. The van der Waals surface area contributed by atoms with Crippen LogP contribution in [0.25, 0.3) is 0 Å². The van der Waals surface area contributed by atoms with Crippen molar-refractivity contribution < 1.29 is 13.2 Å². The molecule has 7 nitrogen and oxygen atoms in total. The van der Waals surface area contributed by atoms with Crippen LogP contribution in [0.5, 0.6) is 0 Å². The maximum atomic E-state index is 12.4. The van der Waals surface area contributed by atoms with Crippen LogP contribution in [0.1, 0.15) is 42.7 Å². The van der Waals surface area contributed by atoms with Gasteiger partial charge in [-0.2, -0.15) is 0 Å². The van der Waals surface area contributed by atoms with Gasteiger partial charge >= 0.3 is 0 Å². The standard InChI is InChI=1S/C19H26N4O3S2/c1-3-20-28(25,26)17-6-4-15(5-7-17)18(24)22-19-21-16(13-27-19)12-23-10-8-14(2)9-11-23/h4-7,13-14,20H,3,8-12H2,1-2H3,(H,21,22,24). The van der Waals surface area contributed by atoms with E-state index in [-0.39, 0.29) is 10.8 Å². The van der Waals surface area contributed by atoms with Crippen molar-refractivity contribution in [2.45, 2.75) is 38.1 Å². The lowest BCUT2D eigenvalue weighted by molar-refractivity contribution is 0.102. The number of anilines is 1. The van der Waals surface area contributed by atoms with Crippen molar-refractivity contribution >= 4 is 32.4 Å². The highest BCUT2D eigenvalue weighted by Crippen LogP contribution is 2.21. The summed E-state index contributed by atoms with van der Waals surface area (Å²) < 4.78 is 26.4. The predicted octanol–water partition coefficient (Wildman–Crippen LogP) is 2.93. The Morgan fingerprint density at radius 2 is 1.93 bits per heavy atom. The summed E-state index contributed by atoms with van der Waals surface area (Å²) >= 11 is 1.40. The first-order valence-electron chi connectivity index (χ1n) is 9.45. The fraction of sp³-hybridized carbons (Fsp3) is 0.474. The van der Waals surface area contributed by atoms with Crippen molar-refractivity contribution in [1.29, 1.82) is 0 Å². The Bertz CT molecular complexity index is 902. The van der Waals surface area contributed by atoms with Gasteiger partial charge in [-0.1, -0.05) is 13.8 Å². The normalized spacial score (nSPS) is 16.2.